The number of nitrogens with zero attached hydrogens (tertiary/aromatic N) is 1. The molecule has 2 N–H and O–H groups in total. The summed E-state index contributed by atoms with van der Waals surface area (Å²) in [4.78, 5) is 14.3. The number of ether oxygens (including phenoxy) is 1. The summed E-state index contributed by atoms with van der Waals surface area (Å²) in [5.41, 5.74) is 6.11. The molecule has 0 spiro atoms. The Labute approximate surface area is 110 Å². The number of nitrogens with two attached hydrogens (primary N) is 1. The molecule has 18 heavy (non-hydrogen) atoms. The average Bonchev–Trinajstić information content (AvgIpc) is 2.39. The molecule has 4 heteroatoms. The van der Waals surface area contributed by atoms with Crippen molar-refractivity contribution in [3.05, 3.63) is 0 Å². The third kappa shape index (κ3) is 3.45. The quantitative estimate of drug-likeness (QED) is 0.833. The minimum absolute atomic E-state index is 0.211. The molecule has 1 saturated carbocycles. The van der Waals surface area contributed by atoms with Crippen molar-refractivity contribution in [3.63, 3.8) is 0 Å². The van der Waals surface area contributed by atoms with Gasteiger partial charge in [-0.2, -0.15) is 0 Å². The van der Waals surface area contributed by atoms with Crippen molar-refractivity contribution in [2.24, 2.45) is 5.73 Å². The van der Waals surface area contributed by atoms with Crippen LogP contribution in [0.15, 0.2) is 0 Å². The Hall–Kier alpha value is -0.610. The van der Waals surface area contributed by atoms with Crippen LogP contribution in [0.1, 0.15) is 51.9 Å². The van der Waals surface area contributed by atoms with Crippen molar-refractivity contribution in [1.82, 2.24) is 4.90 Å². The summed E-state index contributed by atoms with van der Waals surface area (Å²) in [6.07, 6.45) is 7.31. The fourth-order valence-electron chi connectivity index (χ4n) is 3.04. The van der Waals surface area contributed by atoms with Crippen LogP contribution in [0.5, 0.6) is 0 Å². The topological polar surface area (TPSA) is 55.6 Å². The first-order valence-corrected chi connectivity index (χ1v) is 7.31. The molecule has 1 amide bonds. The Morgan fingerprint density at radius 3 is 2.78 bits per heavy atom. The van der Waals surface area contributed by atoms with Crippen LogP contribution in [0.2, 0.25) is 0 Å². The van der Waals surface area contributed by atoms with Gasteiger partial charge in [-0.05, 0) is 19.3 Å². The van der Waals surface area contributed by atoms with Crippen LogP contribution in [0.3, 0.4) is 0 Å². The SMILES string of the molecule is CCC1CN(C(=O)CC2(N)CCCCC2)CCO1. The first-order chi connectivity index (χ1) is 8.63. The Bertz CT molecular complexity index is 288. The third-order valence-electron chi connectivity index (χ3n) is 4.30. The third-order valence-corrected chi connectivity index (χ3v) is 4.30. The van der Waals surface area contributed by atoms with E-state index in [1.807, 2.05) is 4.90 Å². The fourth-order valence-corrected chi connectivity index (χ4v) is 3.04. The van der Waals surface area contributed by atoms with Gasteiger partial charge in [-0.1, -0.05) is 26.2 Å². The summed E-state index contributed by atoms with van der Waals surface area (Å²) in [6.45, 7) is 4.24. The molecule has 0 bridgehead atoms. The van der Waals surface area contributed by atoms with E-state index >= 15 is 0 Å². The zero-order chi connectivity index (χ0) is 13.0. The minimum atomic E-state index is -0.241. The zero-order valence-corrected chi connectivity index (χ0v) is 11.5. The van der Waals surface area contributed by atoms with Gasteiger partial charge < -0.3 is 15.4 Å². The molecule has 1 aliphatic carbocycles. The number of morpholine rings is 1. The molecule has 104 valence electrons. The second kappa shape index (κ2) is 6.02. The van der Waals surface area contributed by atoms with E-state index in [1.165, 1.54) is 19.3 Å². The van der Waals surface area contributed by atoms with E-state index in [0.717, 1.165) is 32.4 Å². The lowest BCUT2D eigenvalue weighted by Crippen LogP contribution is -2.51. The summed E-state index contributed by atoms with van der Waals surface area (Å²) in [5.74, 6) is 0.223. The lowest BCUT2D eigenvalue weighted by atomic mass is 9.80. The van der Waals surface area contributed by atoms with Crippen molar-refractivity contribution in [2.45, 2.75) is 63.5 Å². The van der Waals surface area contributed by atoms with E-state index < -0.39 is 0 Å². The minimum Gasteiger partial charge on any atom is -0.375 e. The second-order valence-electron chi connectivity index (χ2n) is 5.84. The molecule has 0 aromatic rings. The highest BCUT2D eigenvalue weighted by atomic mass is 16.5. The predicted octanol–water partition coefficient (Wildman–Crippen LogP) is 1.68. The predicted molar refractivity (Wildman–Crippen MR) is 71.2 cm³/mol. The Morgan fingerprint density at radius 1 is 1.39 bits per heavy atom. The van der Waals surface area contributed by atoms with Gasteiger partial charge in [0.25, 0.3) is 0 Å². The Balaban J connectivity index is 1.86. The summed E-state index contributed by atoms with van der Waals surface area (Å²) in [7, 11) is 0. The van der Waals surface area contributed by atoms with E-state index in [9.17, 15) is 4.79 Å². The van der Waals surface area contributed by atoms with Crippen molar-refractivity contribution in [1.29, 1.82) is 0 Å². The largest absolute Gasteiger partial charge is 0.375 e. The molecule has 2 aliphatic rings. The van der Waals surface area contributed by atoms with E-state index in [-0.39, 0.29) is 17.6 Å². The van der Waals surface area contributed by atoms with Crippen molar-refractivity contribution in [3.8, 4) is 0 Å². The van der Waals surface area contributed by atoms with Gasteiger partial charge in [0.05, 0.1) is 12.7 Å². The molecular weight excluding hydrogens is 228 g/mol. The highest BCUT2D eigenvalue weighted by molar-refractivity contribution is 5.77. The van der Waals surface area contributed by atoms with E-state index in [4.69, 9.17) is 10.5 Å². The highest BCUT2D eigenvalue weighted by Crippen LogP contribution is 2.29. The number of carbonyl (C=O) groups is 1. The maximum atomic E-state index is 12.3. The fraction of sp³-hybridized carbons (Fsp3) is 0.929. The molecular formula is C14H26N2O2. The molecule has 1 atom stereocenters. The molecule has 1 aliphatic heterocycles. The summed E-state index contributed by atoms with van der Waals surface area (Å²) < 4.78 is 5.60. The van der Waals surface area contributed by atoms with Gasteiger partial charge >= 0.3 is 0 Å². The van der Waals surface area contributed by atoms with Gasteiger partial charge in [0.15, 0.2) is 0 Å². The number of amides is 1. The lowest BCUT2D eigenvalue weighted by Gasteiger charge is -2.37. The van der Waals surface area contributed by atoms with Gasteiger partial charge in [-0.15, -0.1) is 0 Å². The molecule has 1 unspecified atom stereocenters. The zero-order valence-electron chi connectivity index (χ0n) is 11.5. The van der Waals surface area contributed by atoms with Crippen LogP contribution in [0, 0.1) is 0 Å². The van der Waals surface area contributed by atoms with Crippen molar-refractivity contribution in [2.75, 3.05) is 19.7 Å². The smallest absolute Gasteiger partial charge is 0.224 e. The van der Waals surface area contributed by atoms with Gasteiger partial charge in [0, 0.05) is 25.0 Å². The molecule has 1 saturated heterocycles. The summed E-state index contributed by atoms with van der Waals surface area (Å²) in [6, 6.07) is 0. The summed E-state index contributed by atoms with van der Waals surface area (Å²) >= 11 is 0. The van der Waals surface area contributed by atoms with Crippen LogP contribution in [-0.4, -0.2) is 42.1 Å². The number of rotatable bonds is 3. The van der Waals surface area contributed by atoms with Gasteiger partial charge in [-0.25, -0.2) is 0 Å². The van der Waals surface area contributed by atoms with E-state index in [2.05, 4.69) is 6.92 Å². The Morgan fingerprint density at radius 2 is 2.11 bits per heavy atom. The van der Waals surface area contributed by atoms with Gasteiger partial charge in [0.1, 0.15) is 0 Å². The maximum absolute atomic E-state index is 12.3. The van der Waals surface area contributed by atoms with Crippen molar-refractivity contribution >= 4 is 5.91 Å². The van der Waals surface area contributed by atoms with Crippen LogP contribution >= 0.6 is 0 Å². The molecule has 0 aromatic carbocycles. The van der Waals surface area contributed by atoms with Crippen molar-refractivity contribution < 1.29 is 9.53 Å². The van der Waals surface area contributed by atoms with Crippen LogP contribution in [-0.2, 0) is 9.53 Å². The molecule has 2 fully saturated rings. The average molecular weight is 254 g/mol. The first-order valence-electron chi connectivity index (χ1n) is 7.31. The highest BCUT2D eigenvalue weighted by Gasteiger charge is 2.33. The van der Waals surface area contributed by atoms with E-state index in [0.29, 0.717) is 13.0 Å². The Kier molecular flexibility index (Phi) is 4.62. The molecule has 2 rings (SSSR count). The first kappa shape index (κ1) is 13.8. The molecule has 1 heterocycles. The standard InChI is InChI=1S/C14H26N2O2/c1-2-12-11-16(8-9-18-12)13(17)10-14(15)6-4-3-5-7-14/h12H,2-11,15H2,1H3. The van der Waals surface area contributed by atoms with Crippen LogP contribution in [0.25, 0.3) is 0 Å². The lowest BCUT2D eigenvalue weighted by molar-refractivity contribution is -0.140. The number of hydrogen-bond acceptors (Lipinski definition) is 3. The molecule has 0 radical (unpaired) electrons. The molecule has 0 aromatic heterocycles. The number of carbonyl (C=O) groups excluding carboxylic acids is 1. The van der Waals surface area contributed by atoms with Gasteiger partial charge in [-0.3, -0.25) is 4.79 Å². The van der Waals surface area contributed by atoms with Crippen LogP contribution in [0.4, 0.5) is 0 Å². The second-order valence-corrected chi connectivity index (χ2v) is 5.84. The van der Waals surface area contributed by atoms with E-state index in [1.54, 1.807) is 0 Å². The number of hydrogen-bond donors (Lipinski definition) is 1. The molecule has 4 nitrogen and oxygen atoms in total. The summed E-state index contributed by atoms with van der Waals surface area (Å²) in [5, 5.41) is 0. The monoisotopic (exact) mass is 254 g/mol. The maximum Gasteiger partial charge on any atom is 0.224 e. The normalized spacial score (nSPS) is 28.1. The van der Waals surface area contributed by atoms with Gasteiger partial charge in [0.2, 0.25) is 5.91 Å². The van der Waals surface area contributed by atoms with Crippen LogP contribution < -0.4 is 5.73 Å².